The molecule has 0 heterocycles. The molecule has 0 amide bonds. The Hall–Kier alpha value is -3.11. The van der Waals surface area contributed by atoms with E-state index in [1.54, 1.807) is 0 Å². The van der Waals surface area contributed by atoms with Crippen molar-refractivity contribution < 1.29 is 42.7 Å². The van der Waals surface area contributed by atoms with Gasteiger partial charge in [0.15, 0.2) is 0 Å². The molecule has 0 aromatic heterocycles. The molecule has 3 atom stereocenters. The van der Waals surface area contributed by atoms with E-state index in [0.29, 0.717) is 13.0 Å². The zero-order valence-electron chi connectivity index (χ0n) is 40.8. The first-order valence-corrected chi connectivity index (χ1v) is 26.8. The minimum Gasteiger partial charge on any atom is -0.480 e. The van der Waals surface area contributed by atoms with Crippen molar-refractivity contribution in [2.24, 2.45) is 5.73 Å². The van der Waals surface area contributed by atoms with Crippen molar-refractivity contribution >= 4 is 19.8 Å². The summed E-state index contributed by atoms with van der Waals surface area (Å²) in [6.07, 6.45) is 64.8. The van der Waals surface area contributed by atoms with Crippen LogP contribution in [0.15, 0.2) is 97.2 Å². The average molecular weight is 930 g/mol. The summed E-state index contributed by atoms with van der Waals surface area (Å²) in [6.45, 7) is 3.60. The Labute approximate surface area is 396 Å². The lowest BCUT2D eigenvalue weighted by molar-refractivity contribution is -0.154. The zero-order valence-corrected chi connectivity index (χ0v) is 41.7. The van der Waals surface area contributed by atoms with Crippen molar-refractivity contribution in [1.29, 1.82) is 0 Å². The van der Waals surface area contributed by atoms with Crippen LogP contribution in [0.25, 0.3) is 0 Å². The molecule has 0 aromatic carbocycles. The van der Waals surface area contributed by atoms with E-state index in [2.05, 4.69) is 111 Å². The number of phosphoric ester groups is 1. The molecule has 3 unspecified atom stereocenters. The van der Waals surface area contributed by atoms with Gasteiger partial charge in [-0.25, -0.2) is 4.57 Å². The third-order valence-corrected chi connectivity index (χ3v) is 11.3. The molecule has 0 aromatic rings. The second-order valence-electron chi connectivity index (χ2n) is 16.6. The number of carboxylic acid groups (broad SMARTS) is 1. The fraction of sp³-hybridized carbons (Fsp3) is 0.667. The summed E-state index contributed by atoms with van der Waals surface area (Å²) in [5, 5.41) is 8.93. The molecule has 0 saturated carbocycles. The number of unbranched alkanes of at least 4 members (excludes halogenated alkanes) is 17. The van der Waals surface area contributed by atoms with Crippen molar-refractivity contribution in [2.45, 2.75) is 206 Å². The molecule has 65 heavy (non-hydrogen) atoms. The number of rotatable bonds is 47. The number of carboxylic acids is 1. The van der Waals surface area contributed by atoms with E-state index in [1.807, 2.05) is 0 Å². The van der Waals surface area contributed by atoms with E-state index in [4.69, 9.17) is 29.4 Å². The van der Waals surface area contributed by atoms with Crippen LogP contribution in [-0.4, -0.2) is 60.5 Å². The molecule has 0 aliphatic heterocycles. The first kappa shape index (κ1) is 61.9. The van der Waals surface area contributed by atoms with E-state index in [9.17, 15) is 19.0 Å². The summed E-state index contributed by atoms with van der Waals surface area (Å²) >= 11 is 0. The third-order valence-electron chi connectivity index (χ3n) is 10.3. The number of phosphoric acid groups is 1. The summed E-state index contributed by atoms with van der Waals surface area (Å²) < 4.78 is 33.4. The van der Waals surface area contributed by atoms with Crippen LogP contribution in [0, 0.1) is 0 Å². The number of allylic oxidation sites excluding steroid dienone is 16. The zero-order chi connectivity index (χ0) is 47.6. The van der Waals surface area contributed by atoms with Crippen LogP contribution >= 0.6 is 7.82 Å². The predicted molar refractivity (Wildman–Crippen MR) is 272 cm³/mol. The number of aliphatic carboxylic acids is 1. The van der Waals surface area contributed by atoms with Crippen LogP contribution in [0.5, 0.6) is 0 Å². The molecular formula is C54H92NO9P. The van der Waals surface area contributed by atoms with Gasteiger partial charge in [-0.1, -0.05) is 195 Å². The minimum atomic E-state index is -4.65. The van der Waals surface area contributed by atoms with Gasteiger partial charge in [-0.2, -0.15) is 0 Å². The number of esters is 1. The van der Waals surface area contributed by atoms with Crippen molar-refractivity contribution in [3.63, 3.8) is 0 Å². The van der Waals surface area contributed by atoms with Crippen LogP contribution in [-0.2, 0) is 32.7 Å². The SMILES string of the molecule is CC/C=C\C/C=C\C/C=C\C/C=C\C/C=C\C/C=C\CCCOCC(COP(=O)(O)OCC(N)C(=O)O)OC(=O)CCCCCCCCCCCCC/C=C\C/C=C\CCCCCCC. The Morgan fingerprint density at radius 1 is 0.508 bits per heavy atom. The second kappa shape index (κ2) is 48.8. The van der Waals surface area contributed by atoms with Crippen LogP contribution in [0.3, 0.4) is 0 Å². The smallest absolute Gasteiger partial charge is 0.472 e. The molecule has 11 heteroatoms. The first-order valence-electron chi connectivity index (χ1n) is 25.3. The number of ether oxygens (including phenoxy) is 2. The van der Waals surface area contributed by atoms with Gasteiger partial charge in [-0.05, 0) is 89.9 Å². The van der Waals surface area contributed by atoms with Gasteiger partial charge in [0, 0.05) is 13.0 Å². The van der Waals surface area contributed by atoms with Crippen LogP contribution in [0.4, 0.5) is 0 Å². The number of hydrogen-bond acceptors (Lipinski definition) is 8. The molecule has 0 radical (unpaired) electrons. The Balaban J connectivity index is 4.26. The number of nitrogens with two attached hydrogens (primary N) is 1. The predicted octanol–water partition coefficient (Wildman–Crippen LogP) is 14.9. The van der Waals surface area contributed by atoms with Gasteiger partial charge < -0.3 is 25.2 Å². The lowest BCUT2D eigenvalue weighted by Gasteiger charge is -2.20. The van der Waals surface area contributed by atoms with Gasteiger partial charge in [0.1, 0.15) is 12.1 Å². The Kier molecular flexibility index (Phi) is 46.5. The molecule has 0 bridgehead atoms. The molecule has 0 saturated heterocycles. The van der Waals surface area contributed by atoms with E-state index in [0.717, 1.165) is 77.0 Å². The monoisotopic (exact) mass is 930 g/mol. The summed E-state index contributed by atoms with van der Waals surface area (Å²) in [5.74, 6) is -1.81. The lowest BCUT2D eigenvalue weighted by Crippen LogP contribution is -2.34. The van der Waals surface area contributed by atoms with Gasteiger partial charge in [-0.15, -0.1) is 0 Å². The van der Waals surface area contributed by atoms with E-state index in [-0.39, 0.29) is 13.0 Å². The van der Waals surface area contributed by atoms with Crippen molar-refractivity contribution in [2.75, 3.05) is 26.4 Å². The number of carbonyl (C=O) groups excluding carboxylic acids is 1. The first-order chi connectivity index (χ1) is 31.7. The number of carbonyl (C=O) groups is 2. The second-order valence-corrected chi connectivity index (χ2v) is 18.0. The largest absolute Gasteiger partial charge is 0.480 e. The molecule has 0 spiro atoms. The normalized spacial score (nSPS) is 14.5. The molecule has 0 fully saturated rings. The molecule has 4 N–H and O–H groups in total. The Morgan fingerprint density at radius 2 is 0.892 bits per heavy atom. The van der Waals surface area contributed by atoms with Crippen molar-refractivity contribution in [1.82, 2.24) is 0 Å². The van der Waals surface area contributed by atoms with Crippen LogP contribution in [0.2, 0.25) is 0 Å². The Bertz CT molecular complexity index is 1400. The Morgan fingerprint density at radius 3 is 1.34 bits per heavy atom. The van der Waals surface area contributed by atoms with Crippen molar-refractivity contribution in [3.05, 3.63) is 97.2 Å². The van der Waals surface area contributed by atoms with Gasteiger partial charge in [-0.3, -0.25) is 18.6 Å². The molecular weight excluding hydrogens is 838 g/mol. The fourth-order valence-electron chi connectivity index (χ4n) is 6.47. The molecule has 0 aliphatic carbocycles. The maximum atomic E-state index is 12.7. The molecule has 0 rings (SSSR count). The molecule has 372 valence electrons. The summed E-state index contributed by atoms with van der Waals surface area (Å²) in [7, 11) is -4.65. The summed E-state index contributed by atoms with van der Waals surface area (Å²) in [5.41, 5.74) is 5.37. The maximum absolute atomic E-state index is 12.7. The van der Waals surface area contributed by atoms with Crippen molar-refractivity contribution in [3.8, 4) is 0 Å². The molecule has 0 aliphatic rings. The van der Waals surface area contributed by atoms with E-state index >= 15 is 0 Å². The van der Waals surface area contributed by atoms with Gasteiger partial charge in [0.2, 0.25) is 0 Å². The van der Waals surface area contributed by atoms with Gasteiger partial charge in [0.05, 0.1) is 19.8 Å². The summed E-state index contributed by atoms with van der Waals surface area (Å²) in [4.78, 5) is 33.7. The molecule has 10 nitrogen and oxygen atoms in total. The summed E-state index contributed by atoms with van der Waals surface area (Å²) in [6, 6.07) is -1.49. The highest BCUT2D eigenvalue weighted by atomic mass is 31.2. The van der Waals surface area contributed by atoms with Crippen LogP contribution in [0.1, 0.15) is 194 Å². The average Bonchev–Trinajstić information content (AvgIpc) is 3.29. The lowest BCUT2D eigenvalue weighted by atomic mass is 10.0. The van der Waals surface area contributed by atoms with E-state index in [1.165, 1.54) is 89.9 Å². The highest BCUT2D eigenvalue weighted by Gasteiger charge is 2.27. The van der Waals surface area contributed by atoms with Gasteiger partial charge >= 0.3 is 19.8 Å². The number of hydrogen-bond donors (Lipinski definition) is 3. The standard InChI is InChI=1S/C54H92NO9P/c1-3-5-7-9-11-13-15-17-19-21-23-25-26-27-28-30-32-34-36-38-40-42-44-46-53(56)64-51(49-62-65(59,60)63-50-52(55)54(57)58)48-61-47-45-43-41-39-37-35-33-31-29-24-22-20-18-16-14-12-10-8-6-4-2/h6,8,12,14-15,17-18,20-21,23-24,29,33,35,39,41,51-52H,3-5,7,9-11,13,16,19,22,25-28,30-32,34,36-38,40,42-50,55H2,1-2H3,(H,57,58)(H,59,60)/b8-6-,14-12-,17-15-,20-18-,23-21-,29-24-,35-33-,41-39-. The fourth-order valence-corrected chi connectivity index (χ4v) is 7.25. The van der Waals surface area contributed by atoms with Crippen LogP contribution < -0.4 is 5.73 Å². The minimum absolute atomic E-state index is 0.0294. The van der Waals surface area contributed by atoms with Gasteiger partial charge in [0.25, 0.3) is 0 Å². The maximum Gasteiger partial charge on any atom is 0.472 e. The third kappa shape index (κ3) is 48.6. The highest BCUT2D eigenvalue weighted by Crippen LogP contribution is 2.43. The highest BCUT2D eigenvalue weighted by molar-refractivity contribution is 7.47. The van der Waals surface area contributed by atoms with E-state index < -0.39 is 45.1 Å². The topological polar surface area (TPSA) is 155 Å². The quantitative estimate of drug-likeness (QED) is 0.0232.